The number of rotatable bonds is 16. The van der Waals surface area contributed by atoms with Crippen molar-refractivity contribution in [1.29, 1.82) is 0 Å². The summed E-state index contributed by atoms with van der Waals surface area (Å²) < 4.78 is 23.3. The monoisotopic (exact) mass is 690 g/mol. The van der Waals surface area contributed by atoms with E-state index in [1.807, 2.05) is 37.3 Å². The molecule has 1 fully saturated rings. The second-order valence-corrected chi connectivity index (χ2v) is 12.5. The quantitative estimate of drug-likeness (QED) is 0.0862. The maximum atomic E-state index is 13.7. The Hall–Kier alpha value is -5.61. The van der Waals surface area contributed by atoms with Crippen molar-refractivity contribution in [3.05, 3.63) is 138 Å². The molecule has 4 aromatic carbocycles. The number of carboxylic acid groups (broad SMARTS) is 1. The molecular weight excluding hydrogens is 644 g/mol. The zero-order valence-electron chi connectivity index (χ0n) is 30.7. The third-order valence-electron chi connectivity index (χ3n) is 8.59. The third kappa shape index (κ3) is 9.98. The van der Waals surface area contributed by atoms with Gasteiger partial charge in [-0.1, -0.05) is 123 Å². The lowest BCUT2D eigenvalue weighted by molar-refractivity contribution is -0.140. The van der Waals surface area contributed by atoms with Crippen molar-refractivity contribution in [2.75, 3.05) is 18.5 Å². The molecule has 0 spiro atoms. The van der Waals surface area contributed by atoms with Crippen molar-refractivity contribution in [1.82, 2.24) is 10.2 Å². The lowest BCUT2D eigenvalue weighted by Crippen LogP contribution is -2.38. The van der Waals surface area contributed by atoms with Gasteiger partial charge in [-0.15, -0.1) is 0 Å². The Morgan fingerprint density at radius 2 is 1.57 bits per heavy atom. The molecule has 51 heavy (non-hydrogen) atoms. The first-order chi connectivity index (χ1) is 25.5. The summed E-state index contributed by atoms with van der Waals surface area (Å²) in [6, 6.07) is 30.6. The van der Waals surface area contributed by atoms with E-state index in [9.17, 15) is 25.7 Å². The number of benzene rings is 4. The van der Waals surface area contributed by atoms with E-state index < -0.39 is 42.3 Å². The molecule has 3 N–H and O–H groups in total. The fourth-order valence-electron chi connectivity index (χ4n) is 5.90. The van der Waals surface area contributed by atoms with Gasteiger partial charge in [-0.25, -0.2) is 14.5 Å². The maximum Gasteiger partial charge on any atom is 0.417 e. The van der Waals surface area contributed by atoms with E-state index in [4.69, 9.17) is 6.11 Å². The largest absolute Gasteiger partial charge is 0.480 e. The molecule has 0 aromatic heterocycles. The van der Waals surface area contributed by atoms with Gasteiger partial charge in [0, 0.05) is 31.9 Å². The molecule has 1 heterocycles. The zero-order valence-corrected chi connectivity index (χ0v) is 28.7. The minimum atomic E-state index is -2.77. The van der Waals surface area contributed by atoms with E-state index in [1.54, 1.807) is 84.9 Å². The molecule has 0 bridgehead atoms. The van der Waals surface area contributed by atoms with Crippen LogP contribution in [-0.4, -0.2) is 58.8 Å². The fraction of sp³-hybridized carbons (Fsp3) is 0.293. The summed E-state index contributed by atoms with van der Waals surface area (Å²) in [5.74, 6) is -4.42. The molecule has 4 aromatic rings. The van der Waals surface area contributed by atoms with Gasteiger partial charge in [0.25, 0.3) is 0 Å². The summed E-state index contributed by atoms with van der Waals surface area (Å²) >= 11 is 0. The van der Waals surface area contributed by atoms with E-state index in [0.717, 1.165) is 24.4 Å². The van der Waals surface area contributed by atoms with Crippen LogP contribution in [0.1, 0.15) is 64.1 Å². The van der Waals surface area contributed by atoms with Crippen molar-refractivity contribution in [2.45, 2.75) is 51.7 Å². The van der Waals surface area contributed by atoms with Gasteiger partial charge in [-0.05, 0) is 42.0 Å². The predicted molar refractivity (Wildman–Crippen MR) is 196 cm³/mol. The molecule has 0 saturated carbocycles. The zero-order chi connectivity index (χ0) is 38.0. The summed E-state index contributed by atoms with van der Waals surface area (Å²) in [4.78, 5) is 58.1. The maximum absolute atomic E-state index is 13.7. The van der Waals surface area contributed by atoms with Gasteiger partial charge in [-0.3, -0.25) is 14.6 Å². The molecule has 0 unspecified atom stereocenters. The van der Waals surface area contributed by atoms with Crippen molar-refractivity contribution < 1.29 is 31.8 Å². The van der Waals surface area contributed by atoms with E-state index >= 15 is 0 Å². The highest BCUT2D eigenvalue weighted by molar-refractivity contribution is 6.17. The molecule has 1 saturated heterocycles. The number of carboxylic acids is 1. The number of hydrogen-bond donors (Lipinski definition) is 3. The molecule has 10 heteroatoms. The second-order valence-electron chi connectivity index (χ2n) is 12.5. The second kappa shape index (κ2) is 17.9. The van der Waals surface area contributed by atoms with E-state index in [-0.39, 0.29) is 30.6 Å². The Morgan fingerprint density at radius 1 is 0.941 bits per heavy atom. The van der Waals surface area contributed by atoms with E-state index in [0.29, 0.717) is 22.4 Å². The van der Waals surface area contributed by atoms with Crippen LogP contribution in [0.3, 0.4) is 0 Å². The Bertz CT molecular complexity index is 1910. The molecule has 1 aliphatic heterocycles. The topological polar surface area (TPSA) is 137 Å². The molecule has 5 rings (SSSR count). The molecule has 0 aliphatic carbocycles. The van der Waals surface area contributed by atoms with Gasteiger partial charge in [-0.2, -0.15) is 0 Å². The summed E-state index contributed by atoms with van der Waals surface area (Å²) in [5.41, 5.74) is 3.04. The van der Waals surface area contributed by atoms with Crippen molar-refractivity contribution in [3.8, 4) is 0 Å². The minimum absolute atomic E-state index is 0.0577. The smallest absolute Gasteiger partial charge is 0.417 e. The van der Waals surface area contributed by atoms with Crippen LogP contribution in [0.25, 0.3) is 0 Å². The number of carbonyl (C=O) groups is 4. The summed E-state index contributed by atoms with van der Waals surface area (Å²) in [5, 5.41) is 16.9. The highest BCUT2D eigenvalue weighted by atomic mass is 16.6. The Labute approximate surface area is 301 Å². The van der Waals surface area contributed by atoms with Crippen molar-refractivity contribution in [2.24, 2.45) is 16.8 Å². The van der Waals surface area contributed by atoms with Gasteiger partial charge in [0.1, 0.15) is 12.6 Å². The van der Waals surface area contributed by atoms with Gasteiger partial charge in [0.05, 0.1) is 12.8 Å². The standard InChI is InChI=1S/C41H44N4O6/c1-28(22-23-42-26-30-14-6-3-7-15-30)24-36(46)43-34-21-13-12-20-33(34)39(32-18-10-5-11-19-32)44-38(40(48)49)29(2)25-37(47)45-35(27-51-41(45)50)31-16-8-4-9-17-31/h3-21,28-29,35,38,42H,22-27H2,1-2H3,(H,43,46)(H,48,49)/t28-,29-,35+,38-/m0/s1/i25D,38D/t25-,28-,29-,35+,38-. The van der Waals surface area contributed by atoms with Gasteiger partial charge in [0.15, 0.2) is 6.02 Å². The van der Waals surface area contributed by atoms with Crippen molar-refractivity contribution >= 4 is 35.3 Å². The Kier molecular flexibility index (Phi) is 11.9. The number of nitrogens with one attached hydrogen (secondary N) is 2. The fourth-order valence-corrected chi connectivity index (χ4v) is 5.90. The number of cyclic esters (lactones) is 1. The summed E-state index contributed by atoms with van der Waals surface area (Å²) in [6.07, 6.45) is -1.82. The summed E-state index contributed by atoms with van der Waals surface area (Å²) in [7, 11) is 0. The first-order valence-corrected chi connectivity index (χ1v) is 17.0. The molecule has 1 aliphatic rings. The Morgan fingerprint density at radius 3 is 2.25 bits per heavy atom. The van der Waals surface area contributed by atoms with Crippen LogP contribution >= 0.6 is 0 Å². The average molecular weight is 691 g/mol. The summed E-state index contributed by atoms with van der Waals surface area (Å²) in [6.45, 7) is 4.62. The molecule has 0 radical (unpaired) electrons. The normalized spacial score (nSPS) is 18.0. The SMILES string of the molecule is [2H][C@H](C(=O)N1C(=O)OC[C@@H]1c1ccccc1)[C@H](C)[C@]([2H])(N=C(c1ccccc1)c1ccccc1NC(=O)C[C@@H](C)CCNCc1ccccc1)C(=O)O. The van der Waals surface area contributed by atoms with Crippen LogP contribution in [0.4, 0.5) is 10.5 Å². The molecule has 5 atom stereocenters. The van der Waals surface area contributed by atoms with Crippen LogP contribution < -0.4 is 10.6 Å². The van der Waals surface area contributed by atoms with Crippen LogP contribution in [0.2, 0.25) is 0 Å². The van der Waals surface area contributed by atoms with E-state index in [1.165, 1.54) is 12.5 Å². The van der Waals surface area contributed by atoms with Gasteiger partial charge < -0.3 is 20.5 Å². The minimum Gasteiger partial charge on any atom is -0.480 e. The Balaban J connectivity index is 1.38. The number of aliphatic imine (C=N–C) groups is 1. The predicted octanol–water partition coefficient (Wildman–Crippen LogP) is 6.87. The number of ether oxygens (including phenoxy) is 1. The first kappa shape index (κ1) is 33.9. The molecule has 264 valence electrons. The van der Waals surface area contributed by atoms with E-state index in [2.05, 4.69) is 15.6 Å². The highest BCUT2D eigenvalue weighted by Crippen LogP contribution is 2.30. The molecule has 3 amide bonds. The van der Waals surface area contributed by atoms with Crippen LogP contribution in [0.5, 0.6) is 0 Å². The lowest BCUT2D eigenvalue weighted by Gasteiger charge is -2.24. The number of aliphatic carboxylic acids is 1. The molecular formula is C41H44N4O6. The number of para-hydroxylation sites is 1. The molecule has 10 nitrogen and oxygen atoms in total. The van der Waals surface area contributed by atoms with Gasteiger partial charge >= 0.3 is 12.1 Å². The number of amides is 3. The number of imide groups is 1. The third-order valence-corrected chi connectivity index (χ3v) is 8.59. The van der Waals surface area contributed by atoms with Crippen LogP contribution in [0.15, 0.2) is 120 Å². The number of carbonyl (C=O) groups excluding carboxylic acids is 3. The number of hydrogen-bond acceptors (Lipinski definition) is 7. The highest BCUT2D eigenvalue weighted by Gasteiger charge is 2.40. The number of nitrogens with zero attached hydrogens (tertiary/aromatic N) is 2. The van der Waals surface area contributed by atoms with Crippen molar-refractivity contribution in [3.63, 3.8) is 0 Å². The lowest BCUT2D eigenvalue weighted by atomic mass is 9.95. The number of anilines is 1. The first-order valence-electron chi connectivity index (χ1n) is 18.1. The van der Waals surface area contributed by atoms with Gasteiger partial charge in [0.2, 0.25) is 11.8 Å². The average Bonchev–Trinajstić information content (AvgIpc) is 3.56. The van der Waals surface area contributed by atoms with Crippen LogP contribution in [-0.2, 0) is 25.7 Å². The van der Waals surface area contributed by atoms with Crippen LogP contribution in [0, 0.1) is 11.8 Å².